The van der Waals surface area contributed by atoms with Gasteiger partial charge in [-0.1, -0.05) is 6.07 Å². The number of amidine groups is 1. The SMILES string of the molecule is N/C(=N/N=C\c1cc2c(cc1Br)OCO2)c1ccccn1. The summed E-state index contributed by atoms with van der Waals surface area (Å²) in [6.07, 6.45) is 3.23. The molecule has 1 aromatic carbocycles. The second-order valence-electron chi connectivity index (χ2n) is 4.17. The number of nitrogens with two attached hydrogens (primary N) is 1. The molecule has 2 aromatic rings. The zero-order valence-corrected chi connectivity index (χ0v) is 12.4. The van der Waals surface area contributed by atoms with E-state index >= 15 is 0 Å². The maximum absolute atomic E-state index is 5.80. The van der Waals surface area contributed by atoms with Crippen molar-refractivity contribution in [1.82, 2.24) is 4.98 Å². The third kappa shape index (κ3) is 3.03. The van der Waals surface area contributed by atoms with Crippen LogP contribution in [0.3, 0.4) is 0 Å². The Bertz CT molecular complexity index is 716. The Morgan fingerprint density at radius 3 is 2.86 bits per heavy atom. The predicted octanol–water partition coefficient (Wildman–Crippen LogP) is 2.31. The molecule has 0 saturated heterocycles. The lowest BCUT2D eigenvalue weighted by Crippen LogP contribution is -2.14. The highest BCUT2D eigenvalue weighted by Gasteiger charge is 2.15. The molecule has 0 atom stereocenters. The Morgan fingerprint density at radius 1 is 1.29 bits per heavy atom. The van der Waals surface area contributed by atoms with Gasteiger partial charge in [0.15, 0.2) is 17.3 Å². The first-order valence-electron chi connectivity index (χ1n) is 6.11. The first kappa shape index (κ1) is 13.6. The number of benzene rings is 1. The first-order valence-corrected chi connectivity index (χ1v) is 6.90. The van der Waals surface area contributed by atoms with Gasteiger partial charge in [-0.15, -0.1) is 5.10 Å². The van der Waals surface area contributed by atoms with Crippen LogP contribution >= 0.6 is 15.9 Å². The molecule has 0 aliphatic carbocycles. The number of pyridine rings is 1. The number of hydrogen-bond donors (Lipinski definition) is 1. The molecular weight excluding hydrogens is 336 g/mol. The third-order valence-electron chi connectivity index (χ3n) is 2.78. The fourth-order valence-corrected chi connectivity index (χ4v) is 2.18. The van der Waals surface area contributed by atoms with Gasteiger partial charge >= 0.3 is 0 Å². The van der Waals surface area contributed by atoms with Gasteiger partial charge in [0, 0.05) is 16.2 Å². The molecule has 0 unspecified atom stereocenters. The molecule has 0 amide bonds. The first-order chi connectivity index (χ1) is 10.2. The normalized spacial score (nSPS) is 13.9. The third-order valence-corrected chi connectivity index (χ3v) is 3.47. The van der Waals surface area contributed by atoms with E-state index in [2.05, 4.69) is 31.1 Å². The highest BCUT2D eigenvalue weighted by atomic mass is 79.9. The van der Waals surface area contributed by atoms with Crippen molar-refractivity contribution < 1.29 is 9.47 Å². The van der Waals surface area contributed by atoms with Gasteiger partial charge in [-0.05, 0) is 40.2 Å². The Hall–Kier alpha value is -2.41. The van der Waals surface area contributed by atoms with E-state index in [9.17, 15) is 0 Å². The molecule has 21 heavy (non-hydrogen) atoms. The van der Waals surface area contributed by atoms with Gasteiger partial charge in [0.2, 0.25) is 6.79 Å². The van der Waals surface area contributed by atoms with Crippen molar-refractivity contribution in [1.29, 1.82) is 0 Å². The van der Waals surface area contributed by atoms with Crippen LogP contribution in [0.2, 0.25) is 0 Å². The molecule has 0 radical (unpaired) electrons. The molecule has 3 rings (SSSR count). The Morgan fingerprint density at radius 2 is 2.10 bits per heavy atom. The van der Waals surface area contributed by atoms with Crippen LogP contribution in [0.1, 0.15) is 11.3 Å². The molecule has 7 heteroatoms. The lowest BCUT2D eigenvalue weighted by Gasteiger charge is -2.00. The number of fused-ring (bicyclic) bond motifs is 1. The molecule has 106 valence electrons. The topological polar surface area (TPSA) is 82.1 Å². The van der Waals surface area contributed by atoms with E-state index in [1.165, 1.54) is 0 Å². The van der Waals surface area contributed by atoms with E-state index in [1.54, 1.807) is 18.5 Å². The van der Waals surface area contributed by atoms with Crippen LogP contribution in [-0.4, -0.2) is 23.8 Å². The van der Waals surface area contributed by atoms with Crippen molar-refractivity contribution in [2.24, 2.45) is 15.9 Å². The standard InChI is InChI=1S/C14H11BrN4O2/c15-10-6-13-12(20-8-21-13)5-9(10)7-18-19-14(16)11-3-1-2-4-17-11/h1-7H,8H2,(H2,16,19)/b18-7-. The maximum atomic E-state index is 5.80. The van der Waals surface area contributed by atoms with Crippen LogP contribution in [0.25, 0.3) is 0 Å². The van der Waals surface area contributed by atoms with Crippen LogP contribution in [0.4, 0.5) is 0 Å². The van der Waals surface area contributed by atoms with E-state index in [1.807, 2.05) is 24.3 Å². The maximum Gasteiger partial charge on any atom is 0.231 e. The number of halogens is 1. The minimum atomic E-state index is 0.229. The molecule has 0 saturated carbocycles. The number of rotatable bonds is 3. The van der Waals surface area contributed by atoms with Crippen molar-refractivity contribution in [3.63, 3.8) is 0 Å². The summed E-state index contributed by atoms with van der Waals surface area (Å²) in [6.45, 7) is 0.229. The van der Waals surface area contributed by atoms with Gasteiger partial charge in [-0.3, -0.25) is 4.98 Å². The number of ether oxygens (including phenoxy) is 2. The summed E-state index contributed by atoms with van der Waals surface area (Å²) in [5, 5.41) is 7.91. The summed E-state index contributed by atoms with van der Waals surface area (Å²) in [5.41, 5.74) is 7.20. The van der Waals surface area contributed by atoms with Crippen LogP contribution in [0, 0.1) is 0 Å². The summed E-state index contributed by atoms with van der Waals surface area (Å²) in [6, 6.07) is 9.06. The van der Waals surface area contributed by atoms with Crippen molar-refractivity contribution in [3.05, 3.63) is 52.3 Å². The van der Waals surface area contributed by atoms with Gasteiger partial charge in [-0.25, -0.2) is 0 Å². The second-order valence-corrected chi connectivity index (χ2v) is 5.03. The Balaban J connectivity index is 1.81. The average molecular weight is 347 g/mol. The highest BCUT2D eigenvalue weighted by Crippen LogP contribution is 2.36. The highest BCUT2D eigenvalue weighted by molar-refractivity contribution is 9.10. The van der Waals surface area contributed by atoms with Gasteiger partial charge in [-0.2, -0.15) is 5.10 Å². The van der Waals surface area contributed by atoms with Crippen molar-refractivity contribution >= 4 is 28.0 Å². The minimum Gasteiger partial charge on any atom is -0.454 e. The number of hydrogen-bond acceptors (Lipinski definition) is 5. The lowest BCUT2D eigenvalue weighted by molar-refractivity contribution is 0.174. The fraction of sp³-hybridized carbons (Fsp3) is 0.0714. The molecule has 0 bridgehead atoms. The molecule has 2 N–H and O–H groups in total. The lowest BCUT2D eigenvalue weighted by atomic mass is 10.2. The molecule has 0 fully saturated rings. The van der Waals surface area contributed by atoms with Gasteiger partial charge in [0.05, 0.1) is 6.21 Å². The van der Waals surface area contributed by atoms with Gasteiger partial charge in [0.1, 0.15) is 5.69 Å². The fourth-order valence-electron chi connectivity index (χ4n) is 1.75. The summed E-state index contributed by atoms with van der Waals surface area (Å²) in [4.78, 5) is 4.09. The second kappa shape index (κ2) is 5.92. The van der Waals surface area contributed by atoms with Crippen LogP contribution < -0.4 is 15.2 Å². The Labute approximate surface area is 129 Å². The summed E-state index contributed by atoms with van der Waals surface area (Å²) < 4.78 is 11.4. The van der Waals surface area contributed by atoms with E-state index in [-0.39, 0.29) is 12.6 Å². The quantitative estimate of drug-likeness (QED) is 0.525. The zero-order chi connectivity index (χ0) is 14.7. The predicted molar refractivity (Wildman–Crippen MR) is 82.8 cm³/mol. The minimum absolute atomic E-state index is 0.229. The van der Waals surface area contributed by atoms with Gasteiger partial charge < -0.3 is 15.2 Å². The van der Waals surface area contributed by atoms with E-state index in [0.29, 0.717) is 17.2 Å². The zero-order valence-electron chi connectivity index (χ0n) is 10.9. The monoisotopic (exact) mass is 346 g/mol. The van der Waals surface area contributed by atoms with E-state index < -0.39 is 0 Å². The number of nitrogens with zero attached hydrogens (tertiary/aromatic N) is 3. The number of aromatic nitrogens is 1. The van der Waals surface area contributed by atoms with Crippen molar-refractivity contribution in [2.45, 2.75) is 0 Å². The molecule has 0 spiro atoms. The summed E-state index contributed by atoms with van der Waals surface area (Å²) in [5.74, 6) is 1.64. The van der Waals surface area contributed by atoms with Crippen LogP contribution in [-0.2, 0) is 0 Å². The Kier molecular flexibility index (Phi) is 3.83. The van der Waals surface area contributed by atoms with Crippen molar-refractivity contribution in [3.8, 4) is 11.5 Å². The largest absolute Gasteiger partial charge is 0.454 e. The summed E-state index contributed by atoms with van der Waals surface area (Å²) in [7, 11) is 0. The average Bonchev–Trinajstić information content (AvgIpc) is 2.95. The smallest absolute Gasteiger partial charge is 0.231 e. The molecular formula is C14H11BrN4O2. The van der Waals surface area contributed by atoms with E-state index in [4.69, 9.17) is 15.2 Å². The van der Waals surface area contributed by atoms with Crippen molar-refractivity contribution in [2.75, 3.05) is 6.79 Å². The molecule has 1 aliphatic heterocycles. The molecule has 1 aliphatic rings. The molecule has 6 nitrogen and oxygen atoms in total. The van der Waals surface area contributed by atoms with Gasteiger partial charge in [0.25, 0.3) is 0 Å². The molecule has 1 aromatic heterocycles. The summed E-state index contributed by atoms with van der Waals surface area (Å²) >= 11 is 3.44. The van der Waals surface area contributed by atoms with Crippen LogP contribution in [0.5, 0.6) is 11.5 Å². The molecule has 2 heterocycles. The van der Waals surface area contributed by atoms with E-state index in [0.717, 1.165) is 10.0 Å². The van der Waals surface area contributed by atoms with Crippen LogP contribution in [0.15, 0.2) is 51.2 Å².